The van der Waals surface area contributed by atoms with Crippen LogP contribution in [-0.4, -0.2) is 21.8 Å². The summed E-state index contributed by atoms with van der Waals surface area (Å²) in [6.07, 6.45) is -0.330. The molecule has 3 aromatic rings. The van der Waals surface area contributed by atoms with Gasteiger partial charge in [0.05, 0.1) is 5.02 Å². The number of amides is 1. The first kappa shape index (κ1) is 19.2. The molecule has 0 unspecified atom stereocenters. The zero-order chi connectivity index (χ0) is 20.8. The molecule has 0 fully saturated rings. The monoisotopic (exact) mass is 419 g/mol. The molecule has 1 aliphatic rings. The number of alkyl halides is 2. The molecule has 1 aromatic carbocycles. The van der Waals surface area contributed by atoms with Gasteiger partial charge >= 0.3 is 6.29 Å². The van der Waals surface area contributed by atoms with Gasteiger partial charge in [0.2, 0.25) is 0 Å². The van der Waals surface area contributed by atoms with Crippen molar-refractivity contribution in [3.63, 3.8) is 0 Å². The Hall–Kier alpha value is -3.13. The van der Waals surface area contributed by atoms with Crippen molar-refractivity contribution in [1.29, 1.82) is 0 Å². The largest absolute Gasteiger partial charge is 0.586 e. The summed E-state index contributed by atoms with van der Waals surface area (Å²) in [5.41, 5.74) is 2.55. The molecule has 0 radical (unpaired) electrons. The summed E-state index contributed by atoms with van der Waals surface area (Å²) in [4.78, 5) is 16.7. The maximum absolute atomic E-state index is 13.2. The van der Waals surface area contributed by atoms with E-state index in [9.17, 15) is 13.6 Å². The first-order chi connectivity index (χ1) is 13.8. The van der Waals surface area contributed by atoms with Gasteiger partial charge in [0.15, 0.2) is 11.5 Å². The van der Waals surface area contributed by atoms with Crippen LogP contribution < -0.4 is 14.8 Å². The fourth-order valence-corrected chi connectivity index (χ4v) is 3.37. The van der Waals surface area contributed by atoms with Gasteiger partial charge < -0.3 is 19.4 Å². The highest BCUT2D eigenvalue weighted by Crippen LogP contribution is 2.45. The maximum Gasteiger partial charge on any atom is 0.586 e. The molecule has 150 valence electrons. The predicted molar refractivity (Wildman–Crippen MR) is 104 cm³/mol. The summed E-state index contributed by atoms with van der Waals surface area (Å²) in [7, 11) is 0. The number of aryl methyl sites for hydroxylation is 2. The van der Waals surface area contributed by atoms with E-state index in [2.05, 4.69) is 19.8 Å². The second-order valence-electron chi connectivity index (χ2n) is 6.52. The van der Waals surface area contributed by atoms with Crippen LogP contribution in [0, 0.1) is 6.92 Å². The van der Waals surface area contributed by atoms with E-state index in [1.54, 1.807) is 18.2 Å². The van der Waals surface area contributed by atoms with Gasteiger partial charge in [0.25, 0.3) is 5.91 Å². The van der Waals surface area contributed by atoms with Crippen LogP contribution in [0.3, 0.4) is 0 Å². The van der Waals surface area contributed by atoms with E-state index in [0.717, 1.165) is 5.56 Å². The van der Waals surface area contributed by atoms with Gasteiger partial charge in [0, 0.05) is 36.1 Å². The quantitative estimate of drug-likeness (QED) is 0.638. The van der Waals surface area contributed by atoms with Crippen LogP contribution in [0.1, 0.15) is 23.0 Å². The molecule has 3 heterocycles. The summed E-state index contributed by atoms with van der Waals surface area (Å²) >= 11 is 6.19. The average molecular weight is 420 g/mol. The fourth-order valence-electron chi connectivity index (χ4n) is 3.11. The third kappa shape index (κ3) is 3.75. The number of nitrogens with zero attached hydrogens (tertiary/aromatic N) is 2. The van der Waals surface area contributed by atoms with Crippen molar-refractivity contribution >= 4 is 23.3 Å². The molecular formula is C20H16ClF2N3O3. The lowest BCUT2D eigenvalue weighted by Gasteiger charge is -2.09. The molecule has 0 bridgehead atoms. The Morgan fingerprint density at radius 3 is 2.62 bits per heavy atom. The second kappa shape index (κ2) is 7.04. The number of ether oxygens (including phenoxy) is 2. The van der Waals surface area contributed by atoms with Crippen LogP contribution in [0.4, 0.5) is 14.6 Å². The van der Waals surface area contributed by atoms with E-state index in [4.69, 9.17) is 11.6 Å². The van der Waals surface area contributed by atoms with E-state index < -0.39 is 6.29 Å². The van der Waals surface area contributed by atoms with Gasteiger partial charge in [-0.05, 0) is 43.7 Å². The number of rotatable bonds is 4. The number of nitrogens with one attached hydrogen (secondary N) is 1. The fraction of sp³-hybridized carbons (Fsp3) is 0.200. The summed E-state index contributed by atoms with van der Waals surface area (Å²) < 4.78 is 37.2. The van der Waals surface area contributed by atoms with Gasteiger partial charge in [0.1, 0.15) is 11.5 Å². The van der Waals surface area contributed by atoms with Gasteiger partial charge in [-0.25, -0.2) is 4.98 Å². The molecule has 6 nitrogen and oxygen atoms in total. The Morgan fingerprint density at radius 1 is 1.24 bits per heavy atom. The molecule has 0 saturated heterocycles. The molecule has 0 spiro atoms. The summed E-state index contributed by atoms with van der Waals surface area (Å²) in [6.45, 7) is 4.54. The zero-order valence-corrected chi connectivity index (χ0v) is 16.3. The minimum absolute atomic E-state index is 0.109. The highest BCUT2D eigenvalue weighted by molar-refractivity contribution is 6.33. The van der Waals surface area contributed by atoms with Crippen LogP contribution in [0.25, 0.3) is 11.1 Å². The Kier molecular flexibility index (Phi) is 4.66. The van der Waals surface area contributed by atoms with Crippen molar-refractivity contribution in [2.45, 2.75) is 26.7 Å². The van der Waals surface area contributed by atoms with Crippen molar-refractivity contribution < 1.29 is 23.0 Å². The number of anilines is 1. The molecule has 0 atom stereocenters. The number of hydrogen-bond acceptors (Lipinski definition) is 4. The van der Waals surface area contributed by atoms with Crippen LogP contribution >= 0.6 is 11.6 Å². The number of carbonyl (C=O) groups is 1. The summed E-state index contributed by atoms with van der Waals surface area (Å²) in [5.74, 6) is -0.163. The predicted octanol–water partition coefficient (Wildman–Crippen LogP) is 5.11. The SMILES string of the molecule is CCn1cc(C)cc1C(=O)Nc1ccc(-c2cc3c(cc2Cl)OC(F)(F)O3)cn1. The van der Waals surface area contributed by atoms with Crippen molar-refractivity contribution in [2.75, 3.05) is 5.32 Å². The second-order valence-corrected chi connectivity index (χ2v) is 6.93. The van der Waals surface area contributed by atoms with Gasteiger partial charge in [-0.2, -0.15) is 0 Å². The average Bonchev–Trinajstić information content (AvgIpc) is 3.19. The number of aromatic nitrogens is 2. The maximum atomic E-state index is 13.2. The number of fused-ring (bicyclic) bond motifs is 1. The minimum atomic E-state index is -3.72. The lowest BCUT2D eigenvalue weighted by atomic mass is 10.1. The van der Waals surface area contributed by atoms with E-state index in [0.29, 0.717) is 29.2 Å². The number of hydrogen-bond donors (Lipinski definition) is 1. The van der Waals surface area contributed by atoms with Crippen LogP contribution in [0.15, 0.2) is 42.7 Å². The molecule has 29 heavy (non-hydrogen) atoms. The molecule has 9 heteroatoms. The van der Waals surface area contributed by atoms with Crippen molar-refractivity contribution in [2.24, 2.45) is 0 Å². The third-order valence-electron chi connectivity index (χ3n) is 4.41. The standard InChI is InChI=1S/C20H16ClF2N3O3/c1-3-26-10-11(2)6-15(26)19(27)25-18-5-4-12(9-24-18)13-7-16-17(8-14(13)21)29-20(22,23)28-16/h4-10H,3H2,1-2H3,(H,24,25,27). The summed E-state index contributed by atoms with van der Waals surface area (Å²) in [5, 5.41) is 2.95. The minimum Gasteiger partial charge on any atom is -0.395 e. The first-order valence-electron chi connectivity index (χ1n) is 8.79. The van der Waals surface area contributed by atoms with Crippen molar-refractivity contribution in [3.05, 3.63) is 59.0 Å². The summed E-state index contributed by atoms with van der Waals surface area (Å²) in [6, 6.07) is 7.72. The van der Waals surface area contributed by atoms with E-state index in [1.165, 1.54) is 18.3 Å². The molecular weight excluding hydrogens is 404 g/mol. The Morgan fingerprint density at radius 2 is 1.97 bits per heavy atom. The highest BCUT2D eigenvalue weighted by Gasteiger charge is 2.43. The van der Waals surface area contributed by atoms with E-state index >= 15 is 0 Å². The van der Waals surface area contributed by atoms with Crippen molar-refractivity contribution in [1.82, 2.24) is 9.55 Å². The van der Waals surface area contributed by atoms with Gasteiger partial charge in [-0.15, -0.1) is 8.78 Å². The number of carbonyl (C=O) groups excluding carboxylic acids is 1. The molecule has 0 aliphatic carbocycles. The Labute approximate surface area is 170 Å². The molecule has 1 amide bonds. The van der Waals surface area contributed by atoms with Crippen LogP contribution in [-0.2, 0) is 6.54 Å². The normalized spacial score (nSPS) is 14.1. The van der Waals surface area contributed by atoms with Crippen LogP contribution in [0.2, 0.25) is 5.02 Å². The first-order valence-corrected chi connectivity index (χ1v) is 9.17. The van der Waals surface area contributed by atoms with Crippen molar-refractivity contribution in [3.8, 4) is 22.6 Å². The van der Waals surface area contributed by atoms with Crippen LogP contribution in [0.5, 0.6) is 11.5 Å². The molecule has 2 aromatic heterocycles. The lowest BCUT2D eigenvalue weighted by molar-refractivity contribution is -0.286. The number of benzene rings is 1. The van der Waals surface area contributed by atoms with Gasteiger partial charge in [-0.3, -0.25) is 4.79 Å². The number of halogens is 3. The number of pyridine rings is 1. The zero-order valence-electron chi connectivity index (χ0n) is 15.5. The Bertz CT molecular complexity index is 1100. The highest BCUT2D eigenvalue weighted by atomic mass is 35.5. The molecule has 1 N–H and O–H groups in total. The third-order valence-corrected chi connectivity index (χ3v) is 4.73. The lowest BCUT2D eigenvalue weighted by Crippen LogP contribution is -2.25. The molecule has 1 aliphatic heterocycles. The van der Waals surface area contributed by atoms with E-state index in [-0.39, 0.29) is 22.4 Å². The smallest absolute Gasteiger partial charge is 0.395 e. The van der Waals surface area contributed by atoms with Gasteiger partial charge in [-0.1, -0.05) is 11.6 Å². The Balaban J connectivity index is 1.55. The van der Waals surface area contributed by atoms with E-state index in [1.807, 2.05) is 24.6 Å². The molecule has 0 saturated carbocycles. The topological polar surface area (TPSA) is 65.4 Å². The molecule has 4 rings (SSSR count).